The van der Waals surface area contributed by atoms with Gasteiger partial charge in [0.2, 0.25) is 0 Å². The van der Waals surface area contributed by atoms with Crippen molar-refractivity contribution in [1.82, 2.24) is 9.55 Å². The van der Waals surface area contributed by atoms with Gasteiger partial charge in [0.25, 0.3) is 5.56 Å². The Labute approximate surface area is 249 Å². The predicted molar refractivity (Wildman–Crippen MR) is 165 cm³/mol. The second kappa shape index (κ2) is 15.4. The first-order chi connectivity index (χ1) is 18.4. The third-order valence-electron chi connectivity index (χ3n) is 5.36. The van der Waals surface area contributed by atoms with E-state index in [1.54, 1.807) is 16.7 Å². The minimum absolute atomic E-state index is 0.0647. The zero-order chi connectivity index (χ0) is 27.5. The van der Waals surface area contributed by atoms with Crippen molar-refractivity contribution in [1.29, 1.82) is 0 Å². The van der Waals surface area contributed by atoms with Gasteiger partial charge >= 0.3 is 0 Å². The molecule has 0 amide bonds. The fourth-order valence-electron chi connectivity index (χ4n) is 3.54. The third-order valence-corrected chi connectivity index (χ3v) is 7.14. The summed E-state index contributed by atoms with van der Waals surface area (Å²) in [5, 5.41) is 0.610. The molecule has 2 N–H and O–H groups in total. The minimum Gasteiger partial charge on any atom is -0.492 e. The van der Waals surface area contributed by atoms with Crippen LogP contribution in [0.25, 0.3) is 16.6 Å². The van der Waals surface area contributed by atoms with Crippen molar-refractivity contribution < 1.29 is 9.47 Å². The Kier molecular flexibility index (Phi) is 12.2. The summed E-state index contributed by atoms with van der Waals surface area (Å²) >= 11 is 18.1. The lowest BCUT2D eigenvalue weighted by Gasteiger charge is -2.14. The number of halogens is 4. The van der Waals surface area contributed by atoms with Crippen molar-refractivity contribution >= 4 is 71.7 Å². The highest BCUT2D eigenvalue weighted by molar-refractivity contribution is 9.11. The van der Waals surface area contributed by atoms with Gasteiger partial charge in [0.1, 0.15) is 17.3 Å². The molecule has 6 nitrogen and oxygen atoms in total. The largest absolute Gasteiger partial charge is 0.492 e. The lowest BCUT2D eigenvalue weighted by atomic mass is 10.2. The molecule has 0 spiro atoms. The van der Waals surface area contributed by atoms with E-state index in [0.29, 0.717) is 36.8 Å². The summed E-state index contributed by atoms with van der Waals surface area (Å²) in [5.41, 5.74) is 7.71. The Hall–Kier alpha value is -2.26. The molecular weight excluding hydrogens is 657 g/mol. The van der Waals surface area contributed by atoms with Gasteiger partial charge in [-0.05, 0) is 93.2 Å². The first kappa shape index (κ1) is 30.3. The van der Waals surface area contributed by atoms with E-state index >= 15 is 0 Å². The highest BCUT2D eigenvalue weighted by atomic mass is 79.9. The molecular formula is C28H29Br2Cl2N3O3. The number of anilines is 1. The van der Waals surface area contributed by atoms with E-state index in [4.69, 9.17) is 38.4 Å². The number of nitrogens with two attached hydrogens (primary N) is 1. The van der Waals surface area contributed by atoms with Crippen LogP contribution in [-0.4, -0.2) is 34.5 Å². The number of ether oxygens (including phenoxy) is 2. The molecule has 0 radical (unpaired) electrons. The quantitative estimate of drug-likeness (QED) is 0.105. The van der Waals surface area contributed by atoms with E-state index in [1.807, 2.05) is 55.5 Å². The topological polar surface area (TPSA) is 79.4 Å². The minimum atomic E-state index is -0.0647. The molecule has 38 heavy (non-hydrogen) atoms. The van der Waals surface area contributed by atoms with Crippen LogP contribution in [0.5, 0.6) is 11.5 Å². The number of rotatable bonds is 10. The smallest absolute Gasteiger partial charge is 0.265 e. The number of hydrogen-bond acceptors (Lipinski definition) is 5. The van der Waals surface area contributed by atoms with Crippen LogP contribution in [0.3, 0.4) is 0 Å². The van der Waals surface area contributed by atoms with Crippen LogP contribution in [0.15, 0.2) is 74.4 Å². The first-order valence-electron chi connectivity index (χ1n) is 12.1. The molecule has 0 atom stereocenters. The molecule has 0 bridgehead atoms. The molecule has 0 saturated carbocycles. The average molecular weight is 686 g/mol. The zero-order valence-electron chi connectivity index (χ0n) is 20.9. The summed E-state index contributed by atoms with van der Waals surface area (Å²) in [6, 6.07) is 18.5. The number of aryl methyl sites for hydroxylation is 1. The van der Waals surface area contributed by atoms with Crippen molar-refractivity contribution in [2.45, 2.75) is 26.2 Å². The van der Waals surface area contributed by atoms with Gasteiger partial charge in [-0.15, -0.1) is 23.2 Å². The molecule has 0 fully saturated rings. The van der Waals surface area contributed by atoms with E-state index < -0.39 is 0 Å². The second-order valence-electron chi connectivity index (χ2n) is 8.13. The molecule has 202 valence electrons. The van der Waals surface area contributed by atoms with Gasteiger partial charge < -0.3 is 15.2 Å². The van der Waals surface area contributed by atoms with Crippen molar-refractivity contribution in [3.63, 3.8) is 0 Å². The van der Waals surface area contributed by atoms with Crippen LogP contribution in [0.4, 0.5) is 5.69 Å². The van der Waals surface area contributed by atoms with E-state index in [-0.39, 0.29) is 5.56 Å². The predicted octanol–water partition coefficient (Wildman–Crippen LogP) is 7.76. The van der Waals surface area contributed by atoms with Crippen LogP contribution in [-0.2, 0) is 6.42 Å². The lowest BCUT2D eigenvalue weighted by Crippen LogP contribution is -2.23. The van der Waals surface area contributed by atoms with Crippen molar-refractivity contribution in [3.05, 3.63) is 85.8 Å². The molecule has 0 unspecified atom stereocenters. The van der Waals surface area contributed by atoms with Gasteiger partial charge in [0.05, 0.1) is 38.7 Å². The summed E-state index contributed by atoms with van der Waals surface area (Å²) in [6.07, 6.45) is 2.29. The maximum atomic E-state index is 13.0. The van der Waals surface area contributed by atoms with E-state index in [0.717, 1.165) is 56.0 Å². The highest BCUT2D eigenvalue weighted by Gasteiger charge is 2.13. The molecule has 1 aromatic heterocycles. The van der Waals surface area contributed by atoms with Gasteiger partial charge in [-0.2, -0.15) is 0 Å². The Bertz CT molecular complexity index is 1420. The second-order valence-corrected chi connectivity index (χ2v) is 10.6. The molecule has 0 saturated heterocycles. The Balaban J connectivity index is 0.000000260. The SMILES string of the molecule is CCc1nc2ccccc2c(=O)n1-c1ccc(OCCCCl)c(Br)c1.Nc1ccc(OCCCCl)c(Br)c1. The normalized spacial score (nSPS) is 10.7. The highest BCUT2D eigenvalue weighted by Crippen LogP contribution is 2.28. The van der Waals surface area contributed by atoms with Crippen LogP contribution < -0.4 is 20.8 Å². The monoisotopic (exact) mass is 683 g/mol. The number of hydrogen-bond donors (Lipinski definition) is 1. The Morgan fingerprint density at radius 1 is 0.895 bits per heavy atom. The number of aromatic nitrogens is 2. The molecule has 1 heterocycles. The van der Waals surface area contributed by atoms with Crippen molar-refractivity contribution in [3.8, 4) is 17.2 Å². The average Bonchev–Trinajstić information content (AvgIpc) is 2.91. The summed E-state index contributed by atoms with van der Waals surface area (Å²) in [4.78, 5) is 17.6. The molecule has 10 heteroatoms. The Morgan fingerprint density at radius 2 is 1.50 bits per heavy atom. The van der Waals surface area contributed by atoms with Crippen molar-refractivity contribution in [2.75, 3.05) is 30.7 Å². The zero-order valence-corrected chi connectivity index (χ0v) is 25.6. The Morgan fingerprint density at radius 3 is 2.08 bits per heavy atom. The molecule has 0 aliphatic heterocycles. The van der Waals surface area contributed by atoms with Crippen LogP contribution in [0, 0.1) is 0 Å². The number of fused-ring (bicyclic) bond motifs is 1. The van der Waals surface area contributed by atoms with Gasteiger partial charge in [0.15, 0.2) is 0 Å². The van der Waals surface area contributed by atoms with Gasteiger partial charge in [-0.25, -0.2) is 4.98 Å². The van der Waals surface area contributed by atoms with Crippen LogP contribution in [0.2, 0.25) is 0 Å². The van der Waals surface area contributed by atoms with Crippen molar-refractivity contribution in [2.24, 2.45) is 0 Å². The molecule has 0 aliphatic rings. The number of nitrogen functional groups attached to an aromatic ring is 1. The fraction of sp³-hybridized carbons (Fsp3) is 0.286. The van der Waals surface area contributed by atoms with E-state index in [9.17, 15) is 4.79 Å². The van der Waals surface area contributed by atoms with E-state index in [2.05, 4.69) is 36.8 Å². The maximum absolute atomic E-state index is 13.0. The lowest BCUT2D eigenvalue weighted by molar-refractivity contribution is 0.316. The summed E-state index contributed by atoms with van der Waals surface area (Å²) in [6.45, 7) is 3.18. The number of benzene rings is 3. The summed E-state index contributed by atoms with van der Waals surface area (Å²) < 4.78 is 14.5. The van der Waals surface area contributed by atoms with Crippen LogP contribution in [0.1, 0.15) is 25.6 Å². The molecule has 3 aromatic carbocycles. The number of alkyl halides is 2. The first-order valence-corrected chi connectivity index (χ1v) is 14.8. The molecule has 4 rings (SSSR count). The van der Waals surface area contributed by atoms with E-state index in [1.165, 1.54) is 0 Å². The summed E-state index contributed by atoms with van der Waals surface area (Å²) in [5.74, 6) is 3.44. The van der Waals surface area contributed by atoms with Crippen LogP contribution >= 0.6 is 55.1 Å². The van der Waals surface area contributed by atoms with Gasteiger partial charge in [0, 0.05) is 23.9 Å². The number of nitrogens with zero attached hydrogens (tertiary/aromatic N) is 2. The third kappa shape index (κ3) is 8.12. The number of para-hydroxylation sites is 1. The standard InChI is InChI=1S/C19H18BrClN2O2.C9H11BrClNO/c1-2-18-22-16-7-4-3-6-14(16)19(24)23(18)13-8-9-17(15(20)12-13)25-11-5-10-21;10-8-6-7(12)2-3-9(8)13-5-1-4-11/h3-4,6-9,12H,2,5,10-11H2,1H3;2-3,6H,1,4-5,12H2. The maximum Gasteiger partial charge on any atom is 0.265 e. The molecule has 4 aromatic rings. The summed E-state index contributed by atoms with van der Waals surface area (Å²) in [7, 11) is 0. The van der Waals surface area contributed by atoms with Gasteiger partial charge in [-0.3, -0.25) is 9.36 Å². The van der Waals surface area contributed by atoms with Gasteiger partial charge in [-0.1, -0.05) is 19.1 Å². The fourth-order valence-corrected chi connectivity index (χ4v) is 4.75. The molecule has 0 aliphatic carbocycles.